The molecule has 2 aromatic carbocycles. The van der Waals surface area contributed by atoms with Crippen molar-refractivity contribution >= 4 is 29.1 Å². The van der Waals surface area contributed by atoms with E-state index in [-0.39, 0.29) is 5.91 Å². The maximum Gasteiger partial charge on any atom is 0.260 e. The molecule has 0 spiro atoms. The van der Waals surface area contributed by atoms with Crippen molar-refractivity contribution in [1.29, 1.82) is 0 Å². The van der Waals surface area contributed by atoms with Gasteiger partial charge in [0.05, 0.1) is 6.54 Å². The molecule has 0 saturated carbocycles. The average Bonchev–Trinajstić information content (AvgIpc) is 2.59. The molecule has 1 N–H and O–H groups in total. The van der Waals surface area contributed by atoms with E-state index in [0.29, 0.717) is 34.7 Å². The highest BCUT2D eigenvalue weighted by Crippen LogP contribution is 2.26. The maximum atomic E-state index is 12.2. The van der Waals surface area contributed by atoms with Gasteiger partial charge in [-0.3, -0.25) is 4.79 Å². The largest absolute Gasteiger partial charge is 0.492 e. The van der Waals surface area contributed by atoms with Gasteiger partial charge in [0, 0.05) is 10.0 Å². The van der Waals surface area contributed by atoms with Crippen molar-refractivity contribution in [1.82, 2.24) is 5.32 Å². The first-order chi connectivity index (χ1) is 12.3. The minimum Gasteiger partial charge on any atom is -0.492 e. The molecular formula is C20H23Cl2NO3. The normalized spacial score (nSPS) is 11.8. The third-order valence-electron chi connectivity index (χ3n) is 3.91. The number of nitrogens with one attached hydrogen (secondary N) is 1. The zero-order valence-electron chi connectivity index (χ0n) is 15.4. The molecule has 0 aromatic heterocycles. The number of hydrogen-bond donors (Lipinski definition) is 1. The lowest BCUT2D eigenvalue weighted by molar-refractivity contribution is -0.127. The second-order valence-electron chi connectivity index (χ2n) is 6.18. The number of aryl methyl sites for hydroxylation is 3. The summed E-state index contributed by atoms with van der Waals surface area (Å²) in [5.74, 6) is 1.09. The molecule has 2 aromatic rings. The van der Waals surface area contributed by atoms with Gasteiger partial charge in [0.15, 0.2) is 6.10 Å². The number of carbonyl (C=O) groups is 1. The average molecular weight is 396 g/mol. The van der Waals surface area contributed by atoms with Crippen LogP contribution >= 0.6 is 23.2 Å². The smallest absolute Gasteiger partial charge is 0.260 e. The summed E-state index contributed by atoms with van der Waals surface area (Å²) in [7, 11) is 0. The van der Waals surface area contributed by atoms with Gasteiger partial charge in [0.25, 0.3) is 5.91 Å². The minimum atomic E-state index is -0.621. The van der Waals surface area contributed by atoms with E-state index in [4.69, 9.17) is 32.7 Å². The predicted molar refractivity (Wildman–Crippen MR) is 106 cm³/mol. The van der Waals surface area contributed by atoms with Gasteiger partial charge in [-0.1, -0.05) is 29.3 Å². The van der Waals surface area contributed by atoms with Gasteiger partial charge < -0.3 is 14.8 Å². The first-order valence-electron chi connectivity index (χ1n) is 8.38. The Labute approximate surface area is 164 Å². The lowest BCUT2D eigenvalue weighted by Crippen LogP contribution is -2.38. The van der Waals surface area contributed by atoms with E-state index in [0.717, 1.165) is 16.7 Å². The number of ether oxygens (including phenoxy) is 2. The summed E-state index contributed by atoms with van der Waals surface area (Å²) >= 11 is 12.2. The Kier molecular flexibility index (Phi) is 7.18. The third-order valence-corrected chi connectivity index (χ3v) is 4.91. The summed E-state index contributed by atoms with van der Waals surface area (Å²) in [6.45, 7) is 8.16. The predicted octanol–water partition coefficient (Wildman–Crippen LogP) is 4.88. The van der Waals surface area contributed by atoms with Gasteiger partial charge in [-0.05, 0) is 68.7 Å². The quantitative estimate of drug-likeness (QED) is 0.679. The minimum absolute atomic E-state index is 0.208. The standard InChI is InChI=1S/C20H23Cl2NO3/c1-12-5-6-16(11-18(12)21)25-8-7-23-20(24)15(4)26-17-9-13(2)19(22)14(3)10-17/h5-6,9-11,15H,7-8H2,1-4H3,(H,23,24)/t15-/m1/s1. The molecule has 0 fully saturated rings. The molecule has 1 atom stereocenters. The highest BCUT2D eigenvalue weighted by molar-refractivity contribution is 6.32. The summed E-state index contributed by atoms with van der Waals surface area (Å²) in [6.07, 6.45) is -0.621. The van der Waals surface area contributed by atoms with Crippen molar-refractivity contribution in [3.63, 3.8) is 0 Å². The summed E-state index contributed by atoms with van der Waals surface area (Å²) in [6, 6.07) is 9.14. The Morgan fingerprint density at radius 3 is 2.31 bits per heavy atom. The Morgan fingerprint density at radius 2 is 1.69 bits per heavy atom. The fourth-order valence-corrected chi connectivity index (χ4v) is 2.66. The lowest BCUT2D eigenvalue weighted by Gasteiger charge is -2.16. The van der Waals surface area contributed by atoms with Crippen LogP contribution < -0.4 is 14.8 Å². The molecule has 0 radical (unpaired) electrons. The number of benzene rings is 2. The van der Waals surface area contributed by atoms with E-state index in [2.05, 4.69) is 5.32 Å². The molecular weight excluding hydrogens is 373 g/mol. The van der Waals surface area contributed by atoms with Crippen LogP contribution in [0.5, 0.6) is 11.5 Å². The molecule has 0 unspecified atom stereocenters. The third kappa shape index (κ3) is 5.55. The second-order valence-corrected chi connectivity index (χ2v) is 6.97. The van der Waals surface area contributed by atoms with Gasteiger partial charge in [0.2, 0.25) is 0 Å². The van der Waals surface area contributed by atoms with Crippen LogP contribution in [-0.2, 0) is 4.79 Å². The number of carbonyl (C=O) groups excluding carboxylic acids is 1. The van der Waals surface area contributed by atoms with Crippen molar-refractivity contribution in [2.24, 2.45) is 0 Å². The number of rotatable bonds is 7. The molecule has 0 saturated heterocycles. The van der Waals surface area contributed by atoms with Crippen LogP contribution in [0.4, 0.5) is 0 Å². The highest BCUT2D eigenvalue weighted by atomic mass is 35.5. The maximum absolute atomic E-state index is 12.2. The van der Waals surface area contributed by atoms with Gasteiger partial charge in [-0.2, -0.15) is 0 Å². The highest BCUT2D eigenvalue weighted by Gasteiger charge is 2.15. The molecule has 0 bridgehead atoms. The lowest BCUT2D eigenvalue weighted by atomic mass is 10.1. The van der Waals surface area contributed by atoms with E-state index in [9.17, 15) is 4.79 Å². The van der Waals surface area contributed by atoms with Gasteiger partial charge >= 0.3 is 0 Å². The molecule has 0 aliphatic carbocycles. The van der Waals surface area contributed by atoms with Crippen LogP contribution in [0.2, 0.25) is 10.0 Å². The van der Waals surface area contributed by atoms with Crippen LogP contribution in [-0.4, -0.2) is 25.2 Å². The fraction of sp³-hybridized carbons (Fsp3) is 0.350. The summed E-state index contributed by atoms with van der Waals surface area (Å²) in [4.78, 5) is 12.2. The van der Waals surface area contributed by atoms with Crippen LogP contribution in [0.25, 0.3) is 0 Å². The molecule has 0 heterocycles. The molecule has 4 nitrogen and oxygen atoms in total. The van der Waals surface area contributed by atoms with E-state index in [1.807, 2.05) is 45.0 Å². The molecule has 26 heavy (non-hydrogen) atoms. The van der Waals surface area contributed by atoms with E-state index < -0.39 is 6.10 Å². The Bertz CT molecular complexity index is 770. The first kappa shape index (κ1) is 20.4. The molecule has 6 heteroatoms. The van der Waals surface area contributed by atoms with E-state index >= 15 is 0 Å². The number of hydrogen-bond acceptors (Lipinski definition) is 3. The summed E-state index contributed by atoms with van der Waals surface area (Å²) in [5, 5.41) is 4.16. The van der Waals surface area contributed by atoms with Gasteiger partial charge in [-0.25, -0.2) is 0 Å². The van der Waals surface area contributed by atoms with Crippen molar-refractivity contribution in [3.8, 4) is 11.5 Å². The Balaban J connectivity index is 1.79. The number of amides is 1. The van der Waals surface area contributed by atoms with Crippen molar-refractivity contribution in [2.75, 3.05) is 13.2 Å². The van der Waals surface area contributed by atoms with Gasteiger partial charge in [0.1, 0.15) is 18.1 Å². The van der Waals surface area contributed by atoms with Crippen LogP contribution in [0, 0.1) is 20.8 Å². The van der Waals surface area contributed by atoms with Crippen LogP contribution in [0.3, 0.4) is 0 Å². The zero-order chi connectivity index (χ0) is 19.3. The van der Waals surface area contributed by atoms with Crippen LogP contribution in [0.15, 0.2) is 30.3 Å². The Morgan fingerprint density at radius 1 is 1.04 bits per heavy atom. The topological polar surface area (TPSA) is 47.6 Å². The van der Waals surface area contributed by atoms with Gasteiger partial charge in [-0.15, -0.1) is 0 Å². The molecule has 2 rings (SSSR count). The van der Waals surface area contributed by atoms with E-state index in [1.165, 1.54) is 0 Å². The van der Waals surface area contributed by atoms with E-state index in [1.54, 1.807) is 13.0 Å². The van der Waals surface area contributed by atoms with Crippen molar-refractivity contribution in [3.05, 3.63) is 57.1 Å². The van der Waals surface area contributed by atoms with Crippen LogP contribution in [0.1, 0.15) is 23.6 Å². The monoisotopic (exact) mass is 395 g/mol. The Hall–Kier alpha value is -1.91. The SMILES string of the molecule is Cc1ccc(OCCNC(=O)[C@@H](C)Oc2cc(C)c(Cl)c(C)c2)cc1Cl. The fourth-order valence-electron chi connectivity index (χ4n) is 2.38. The molecule has 0 aliphatic heterocycles. The zero-order valence-corrected chi connectivity index (χ0v) is 16.9. The number of halogens is 2. The molecule has 1 amide bonds. The summed E-state index contributed by atoms with van der Waals surface area (Å²) < 4.78 is 11.3. The summed E-state index contributed by atoms with van der Waals surface area (Å²) in [5.41, 5.74) is 2.82. The van der Waals surface area contributed by atoms with Crippen molar-refractivity contribution < 1.29 is 14.3 Å². The van der Waals surface area contributed by atoms with Crippen molar-refractivity contribution in [2.45, 2.75) is 33.8 Å². The molecule has 0 aliphatic rings. The second kappa shape index (κ2) is 9.15. The first-order valence-corrected chi connectivity index (χ1v) is 9.13. The molecule has 140 valence electrons.